The van der Waals surface area contributed by atoms with Gasteiger partial charge in [0.25, 0.3) is 0 Å². The van der Waals surface area contributed by atoms with Crippen LogP contribution in [0, 0.1) is 0 Å². The van der Waals surface area contributed by atoms with E-state index in [4.69, 9.17) is 11.6 Å². The molecular formula is C10H17ClN4O. The third kappa shape index (κ3) is 3.20. The SMILES string of the molecule is CC(C(=O)NC(C)(C)C)n1cnnc1CCl. The smallest absolute Gasteiger partial charge is 0.243 e. The first-order valence-corrected chi connectivity index (χ1v) is 5.65. The van der Waals surface area contributed by atoms with Gasteiger partial charge >= 0.3 is 0 Å². The van der Waals surface area contributed by atoms with Crippen LogP contribution in [0.3, 0.4) is 0 Å². The van der Waals surface area contributed by atoms with E-state index < -0.39 is 0 Å². The van der Waals surface area contributed by atoms with Crippen LogP contribution in [0.25, 0.3) is 0 Å². The second-order valence-electron chi connectivity index (χ2n) is 4.70. The number of hydrogen-bond donors (Lipinski definition) is 1. The fourth-order valence-corrected chi connectivity index (χ4v) is 1.48. The second-order valence-corrected chi connectivity index (χ2v) is 4.97. The maximum atomic E-state index is 11.9. The van der Waals surface area contributed by atoms with Crippen molar-refractivity contribution in [1.29, 1.82) is 0 Å². The van der Waals surface area contributed by atoms with E-state index in [-0.39, 0.29) is 23.4 Å². The number of carbonyl (C=O) groups is 1. The van der Waals surface area contributed by atoms with Gasteiger partial charge in [-0.3, -0.25) is 4.79 Å². The summed E-state index contributed by atoms with van der Waals surface area (Å²) in [5, 5.41) is 10.5. The zero-order valence-corrected chi connectivity index (χ0v) is 10.7. The van der Waals surface area contributed by atoms with E-state index in [9.17, 15) is 4.79 Å². The normalized spacial score (nSPS) is 13.6. The summed E-state index contributed by atoms with van der Waals surface area (Å²) in [4.78, 5) is 11.9. The van der Waals surface area contributed by atoms with Crippen LogP contribution >= 0.6 is 11.6 Å². The summed E-state index contributed by atoms with van der Waals surface area (Å²) in [6, 6.07) is -0.358. The molecule has 90 valence electrons. The molecule has 1 aromatic rings. The molecule has 0 aliphatic heterocycles. The predicted octanol–water partition coefficient (Wildman–Crippen LogP) is 1.49. The number of halogens is 1. The number of amides is 1. The molecule has 0 aromatic carbocycles. The van der Waals surface area contributed by atoms with Gasteiger partial charge in [0, 0.05) is 5.54 Å². The van der Waals surface area contributed by atoms with Gasteiger partial charge < -0.3 is 9.88 Å². The van der Waals surface area contributed by atoms with Crippen molar-refractivity contribution in [3.63, 3.8) is 0 Å². The Kier molecular flexibility index (Phi) is 3.91. The number of nitrogens with one attached hydrogen (secondary N) is 1. The molecule has 0 saturated carbocycles. The molecule has 0 spiro atoms. The highest BCUT2D eigenvalue weighted by molar-refractivity contribution is 6.16. The Morgan fingerprint density at radius 3 is 2.75 bits per heavy atom. The van der Waals surface area contributed by atoms with Crippen molar-refractivity contribution in [3.8, 4) is 0 Å². The summed E-state index contributed by atoms with van der Waals surface area (Å²) in [5.74, 6) is 0.768. The van der Waals surface area contributed by atoms with Gasteiger partial charge in [-0.15, -0.1) is 21.8 Å². The molecule has 0 aliphatic carbocycles. The lowest BCUT2D eigenvalue weighted by atomic mass is 10.1. The monoisotopic (exact) mass is 244 g/mol. The Bertz CT molecular complexity index is 369. The average molecular weight is 245 g/mol. The Labute approximate surface area is 100 Å². The molecule has 5 nitrogen and oxygen atoms in total. The van der Waals surface area contributed by atoms with Crippen LogP contribution in [-0.4, -0.2) is 26.2 Å². The highest BCUT2D eigenvalue weighted by atomic mass is 35.5. The molecule has 0 bridgehead atoms. The minimum Gasteiger partial charge on any atom is -0.350 e. The highest BCUT2D eigenvalue weighted by Gasteiger charge is 2.22. The van der Waals surface area contributed by atoms with Gasteiger partial charge in [-0.25, -0.2) is 0 Å². The molecular weight excluding hydrogens is 228 g/mol. The highest BCUT2D eigenvalue weighted by Crippen LogP contribution is 2.11. The fourth-order valence-electron chi connectivity index (χ4n) is 1.29. The van der Waals surface area contributed by atoms with Crippen LogP contribution < -0.4 is 5.32 Å². The zero-order valence-electron chi connectivity index (χ0n) is 9.99. The largest absolute Gasteiger partial charge is 0.350 e. The van der Waals surface area contributed by atoms with Crippen LogP contribution in [0.4, 0.5) is 0 Å². The maximum Gasteiger partial charge on any atom is 0.243 e. The number of rotatable bonds is 3. The molecule has 6 heteroatoms. The molecule has 0 radical (unpaired) electrons. The number of alkyl halides is 1. The van der Waals surface area contributed by atoms with Crippen LogP contribution in [0.2, 0.25) is 0 Å². The number of aromatic nitrogens is 3. The van der Waals surface area contributed by atoms with Crippen molar-refractivity contribution < 1.29 is 4.79 Å². The van der Waals surface area contributed by atoms with Gasteiger partial charge in [0.05, 0.1) is 5.88 Å². The number of carbonyl (C=O) groups excluding carboxylic acids is 1. The van der Waals surface area contributed by atoms with Crippen LogP contribution in [0.1, 0.15) is 39.6 Å². The Morgan fingerprint density at radius 1 is 1.62 bits per heavy atom. The lowest BCUT2D eigenvalue weighted by molar-refractivity contribution is -0.125. The van der Waals surface area contributed by atoms with Gasteiger partial charge in [-0.1, -0.05) is 0 Å². The predicted molar refractivity (Wildman–Crippen MR) is 62.2 cm³/mol. The molecule has 1 heterocycles. The first kappa shape index (κ1) is 13.0. The van der Waals surface area contributed by atoms with Gasteiger partial charge in [0.15, 0.2) is 0 Å². The van der Waals surface area contributed by atoms with E-state index in [2.05, 4.69) is 15.5 Å². The fraction of sp³-hybridized carbons (Fsp3) is 0.700. The minimum atomic E-state index is -0.358. The summed E-state index contributed by atoms with van der Waals surface area (Å²) in [7, 11) is 0. The zero-order chi connectivity index (χ0) is 12.3. The van der Waals surface area contributed by atoms with E-state index in [1.165, 1.54) is 6.33 Å². The molecule has 1 aromatic heterocycles. The van der Waals surface area contributed by atoms with Crippen molar-refractivity contribution in [1.82, 2.24) is 20.1 Å². The average Bonchev–Trinajstić information content (AvgIpc) is 2.61. The Hall–Kier alpha value is -1.10. The maximum absolute atomic E-state index is 11.9. The third-order valence-corrected chi connectivity index (χ3v) is 2.30. The summed E-state index contributed by atoms with van der Waals surface area (Å²) in [5.41, 5.74) is -0.250. The van der Waals surface area contributed by atoms with Crippen LogP contribution in [-0.2, 0) is 10.7 Å². The number of nitrogens with zero attached hydrogens (tertiary/aromatic N) is 3. The topological polar surface area (TPSA) is 59.8 Å². The quantitative estimate of drug-likeness (QED) is 0.820. The summed E-state index contributed by atoms with van der Waals surface area (Å²) in [6.07, 6.45) is 1.52. The molecule has 1 amide bonds. The summed E-state index contributed by atoms with van der Waals surface area (Å²) >= 11 is 5.70. The van der Waals surface area contributed by atoms with Crippen molar-refractivity contribution >= 4 is 17.5 Å². The third-order valence-electron chi connectivity index (χ3n) is 2.06. The van der Waals surface area contributed by atoms with E-state index in [0.29, 0.717) is 5.82 Å². The van der Waals surface area contributed by atoms with Crippen molar-refractivity contribution in [3.05, 3.63) is 12.2 Å². The van der Waals surface area contributed by atoms with Crippen LogP contribution in [0.5, 0.6) is 0 Å². The van der Waals surface area contributed by atoms with E-state index >= 15 is 0 Å². The lowest BCUT2D eigenvalue weighted by Gasteiger charge is -2.24. The molecule has 1 atom stereocenters. The van der Waals surface area contributed by atoms with E-state index in [0.717, 1.165) is 0 Å². The second kappa shape index (κ2) is 4.82. The molecule has 0 saturated heterocycles. The molecule has 1 rings (SSSR count). The van der Waals surface area contributed by atoms with Crippen molar-refractivity contribution in [2.75, 3.05) is 0 Å². The van der Waals surface area contributed by atoms with E-state index in [1.807, 2.05) is 20.8 Å². The summed E-state index contributed by atoms with van der Waals surface area (Å²) in [6.45, 7) is 7.60. The molecule has 0 aliphatic rings. The van der Waals surface area contributed by atoms with Crippen molar-refractivity contribution in [2.24, 2.45) is 0 Å². The summed E-state index contributed by atoms with van der Waals surface area (Å²) < 4.78 is 1.67. The Morgan fingerprint density at radius 2 is 2.25 bits per heavy atom. The Balaban J connectivity index is 2.78. The molecule has 0 fully saturated rings. The molecule has 1 unspecified atom stereocenters. The number of hydrogen-bond acceptors (Lipinski definition) is 3. The van der Waals surface area contributed by atoms with Gasteiger partial charge in [0.1, 0.15) is 18.2 Å². The van der Waals surface area contributed by atoms with Gasteiger partial charge in [-0.2, -0.15) is 0 Å². The first-order valence-electron chi connectivity index (χ1n) is 5.11. The first-order chi connectivity index (χ1) is 7.35. The van der Waals surface area contributed by atoms with E-state index in [1.54, 1.807) is 11.5 Å². The van der Waals surface area contributed by atoms with Gasteiger partial charge in [0.2, 0.25) is 5.91 Å². The molecule has 16 heavy (non-hydrogen) atoms. The van der Waals surface area contributed by atoms with Crippen molar-refractivity contribution in [2.45, 2.75) is 45.2 Å². The molecule has 1 N–H and O–H groups in total. The standard InChI is InChI=1S/C10H17ClN4O/c1-7(9(16)13-10(2,3)4)15-6-12-14-8(15)5-11/h6-7H,5H2,1-4H3,(H,13,16). The van der Waals surface area contributed by atoms with Gasteiger partial charge in [-0.05, 0) is 27.7 Å². The van der Waals surface area contributed by atoms with Crippen LogP contribution in [0.15, 0.2) is 6.33 Å². The minimum absolute atomic E-state index is 0.0707. The lowest BCUT2D eigenvalue weighted by Crippen LogP contribution is -2.43.